The lowest BCUT2D eigenvalue weighted by atomic mass is 10.0. The Morgan fingerprint density at radius 1 is 0.333 bits per heavy atom. The molecule has 0 saturated heterocycles. The molecule has 0 bridgehead atoms. The van der Waals surface area contributed by atoms with Gasteiger partial charge in [-0.15, -0.1) is 22.7 Å². The third-order valence-electron chi connectivity index (χ3n) is 9.21. The van der Waals surface area contributed by atoms with Crippen molar-refractivity contribution in [1.82, 2.24) is 4.57 Å². The summed E-state index contributed by atoms with van der Waals surface area (Å²) in [5.41, 5.74) is 8.64. The standard InChI is InChI=1S/C42H25NS2/c1-2-9-26(10-3-1)28-17-20-30-34-23-27(29-18-21-32-31-11-4-6-14-38(31)45-41(32)25-29)19-22-35(34)43(37(30)24-28)36-13-8-16-40-42(36)33-12-5-7-15-39(33)44-40/h1-25H. The molecule has 10 aromatic rings. The zero-order valence-electron chi connectivity index (χ0n) is 24.2. The maximum Gasteiger partial charge on any atom is 0.0555 e. The number of hydrogen-bond acceptors (Lipinski definition) is 2. The lowest BCUT2D eigenvalue weighted by Gasteiger charge is -2.11. The highest BCUT2D eigenvalue weighted by atomic mass is 32.1. The summed E-state index contributed by atoms with van der Waals surface area (Å²) in [6, 6.07) is 55.9. The fraction of sp³-hybridized carbons (Fsp3) is 0. The highest BCUT2D eigenvalue weighted by molar-refractivity contribution is 7.26. The Kier molecular flexibility index (Phi) is 5.39. The van der Waals surface area contributed by atoms with Gasteiger partial charge in [-0.25, -0.2) is 0 Å². The average molecular weight is 608 g/mol. The van der Waals surface area contributed by atoms with Crippen LogP contribution in [0, 0.1) is 0 Å². The average Bonchev–Trinajstić information content (AvgIpc) is 3.77. The van der Waals surface area contributed by atoms with E-state index in [0.29, 0.717) is 0 Å². The van der Waals surface area contributed by atoms with Gasteiger partial charge in [0.15, 0.2) is 0 Å². The monoisotopic (exact) mass is 607 g/mol. The van der Waals surface area contributed by atoms with Crippen molar-refractivity contribution < 1.29 is 0 Å². The predicted octanol–water partition coefficient (Wildman–Crippen LogP) is 12.9. The number of aromatic nitrogens is 1. The Balaban J connectivity index is 1.26. The highest BCUT2D eigenvalue weighted by Gasteiger charge is 2.18. The van der Waals surface area contributed by atoms with E-state index in [0.717, 1.165) is 0 Å². The fourth-order valence-electron chi connectivity index (χ4n) is 7.12. The van der Waals surface area contributed by atoms with Gasteiger partial charge in [-0.2, -0.15) is 0 Å². The van der Waals surface area contributed by atoms with Crippen molar-refractivity contribution in [3.63, 3.8) is 0 Å². The van der Waals surface area contributed by atoms with Crippen molar-refractivity contribution in [3.05, 3.63) is 152 Å². The van der Waals surface area contributed by atoms with Crippen LogP contribution in [-0.2, 0) is 0 Å². The molecule has 3 heterocycles. The Morgan fingerprint density at radius 3 is 1.82 bits per heavy atom. The first-order chi connectivity index (χ1) is 22.3. The van der Waals surface area contributed by atoms with E-state index in [-0.39, 0.29) is 0 Å². The van der Waals surface area contributed by atoms with Gasteiger partial charge in [0.25, 0.3) is 0 Å². The summed E-state index contributed by atoms with van der Waals surface area (Å²) >= 11 is 3.75. The molecule has 0 amide bonds. The van der Waals surface area contributed by atoms with Gasteiger partial charge in [-0.05, 0) is 70.8 Å². The van der Waals surface area contributed by atoms with E-state index in [9.17, 15) is 0 Å². The third-order valence-corrected chi connectivity index (χ3v) is 11.5. The predicted molar refractivity (Wildman–Crippen MR) is 197 cm³/mol. The number of thiophene rings is 2. The van der Waals surface area contributed by atoms with Gasteiger partial charge in [0.05, 0.1) is 16.7 Å². The van der Waals surface area contributed by atoms with Gasteiger partial charge in [-0.3, -0.25) is 0 Å². The normalized spacial score (nSPS) is 12.0. The zero-order valence-corrected chi connectivity index (χ0v) is 25.8. The van der Waals surface area contributed by atoms with Crippen LogP contribution in [0.25, 0.3) is 90.1 Å². The largest absolute Gasteiger partial charge is 0.309 e. The highest BCUT2D eigenvalue weighted by Crippen LogP contribution is 2.43. The summed E-state index contributed by atoms with van der Waals surface area (Å²) in [5.74, 6) is 0. The molecule has 45 heavy (non-hydrogen) atoms. The summed E-state index contributed by atoms with van der Waals surface area (Å²) in [5, 5.41) is 7.85. The first-order valence-electron chi connectivity index (χ1n) is 15.3. The van der Waals surface area contributed by atoms with E-state index in [2.05, 4.69) is 156 Å². The number of fused-ring (bicyclic) bond motifs is 9. The summed E-state index contributed by atoms with van der Waals surface area (Å²) < 4.78 is 7.81. The molecule has 0 saturated carbocycles. The van der Waals surface area contributed by atoms with Crippen molar-refractivity contribution in [1.29, 1.82) is 0 Å². The second kappa shape index (κ2) is 9.64. The molecule has 0 atom stereocenters. The van der Waals surface area contributed by atoms with Gasteiger partial charge >= 0.3 is 0 Å². The Bertz CT molecular complexity index is 2760. The smallest absolute Gasteiger partial charge is 0.0555 e. The molecule has 0 aliphatic carbocycles. The van der Waals surface area contributed by atoms with E-state index >= 15 is 0 Å². The van der Waals surface area contributed by atoms with Crippen LogP contribution in [0.3, 0.4) is 0 Å². The van der Waals surface area contributed by atoms with Crippen LogP contribution in [0.2, 0.25) is 0 Å². The first-order valence-corrected chi connectivity index (χ1v) is 16.9. The molecular formula is C42H25NS2. The van der Waals surface area contributed by atoms with Crippen molar-refractivity contribution in [3.8, 4) is 27.9 Å². The molecule has 0 spiro atoms. The van der Waals surface area contributed by atoms with Gasteiger partial charge in [0, 0.05) is 51.1 Å². The molecule has 0 N–H and O–H groups in total. The summed E-state index contributed by atoms with van der Waals surface area (Å²) in [7, 11) is 0. The molecule has 7 aromatic carbocycles. The molecule has 3 aromatic heterocycles. The van der Waals surface area contributed by atoms with Gasteiger partial charge in [0.1, 0.15) is 0 Å². The van der Waals surface area contributed by atoms with Crippen LogP contribution in [0.1, 0.15) is 0 Å². The molecule has 3 heteroatoms. The van der Waals surface area contributed by atoms with Crippen molar-refractivity contribution in [2.24, 2.45) is 0 Å². The van der Waals surface area contributed by atoms with Crippen molar-refractivity contribution in [2.75, 3.05) is 0 Å². The maximum atomic E-state index is 2.50. The van der Waals surface area contributed by atoms with Gasteiger partial charge in [0.2, 0.25) is 0 Å². The SMILES string of the molecule is c1ccc(-c2ccc3c4cc(-c5ccc6c(c5)sc5ccccc56)ccc4n(-c4cccc5sc6ccccc6c45)c3c2)cc1. The first kappa shape index (κ1) is 25.1. The van der Waals surface area contributed by atoms with E-state index in [1.165, 1.54) is 90.1 Å². The lowest BCUT2D eigenvalue weighted by molar-refractivity contribution is 1.20. The molecule has 0 aliphatic heterocycles. The van der Waals surface area contributed by atoms with E-state index in [1.807, 2.05) is 22.7 Å². The van der Waals surface area contributed by atoms with Gasteiger partial charge in [-0.1, -0.05) is 103 Å². The molecular weight excluding hydrogens is 583 g/mol. The molecule has 0 radical (unpaired) electrons. The van der Waals surface area contributed by atoms with Crippen LogP contribution in [-0.4, -0.2) is 4.57 Å². The maximum absolute atomic E-state index is 2.50. The van der Waals surface area contributed by atoms with Crippen LogP contribution in [0.15, 0.2) is 152 Å². The Morgan fingerprint density at radius 2 is 0.956 bits per heavy atom. The molecule has 10 rings (SSSR count). The second-order valence-corrected chi connectivity index (χ2v) is 13.9. The third kappa shape index (κ3) is 3.78. The second-order valence-electron chi connectivity index (χ2n) is 11.7. The number of nitrogens with zero attached hydrogens (tertiary/aromatic N) is 1. The Labute approximate surface area is 267 Å². The van der Waals surface area contributed by atoms with Crippen molar-refractivity contribution in [2.45, 2.75) is 0 Å². The van der Waals surface area contributed by atoms with Gasteiger partial charge < -0.3 is 4.57 Å². The van der Waals surface area contributed by atoms with Crippen LogP contribution in [0.4, 0.5) is 0 Å². The molecule has 0 aliphatic rings. The summed E-state index contributed by atoms with van der Waals surface area (Å²) in [6.45, 7) is 0. The Hall–Kier alpha value is -5.22. The quantitative estimate of drug-likeness (QED) is 0.188. The van der Waals surface area contributed by atoms with Crippen LogP contribution >= 0.6 is 22.7 Å². The minimum atomic E-state index is 1.23. The topological polar surface area (TPSA) is 4.93 Å². The lowest BCUT2D eigenvalue weighted by Crippen LogP contribution is -1.95. The minimum absolute atomic E-state index is 1.23. The molecule has 0 unspecified atom stereocenters. The minimum Gasteiger partial charge on any atom is -0.309 e. The number of benzene rings is 7. The van der Waals surface area contributed by atoms with Crippen LogP contribution in [0.5, 0.6) is 0 Å². The number of rotatable bonds is 3. The number of hydrogen-bond donors (Lipinski definition) is 0. The molecule has 210 valence electrons. The summed E-state index contributed by atoms with van der Waals surface area (Å²) in [6.07, 6.45) is 0. The van der Waals surface area contributed by atoms with E-state index in [4.69, 9.17) is 0 Å². The molecule has 1 nitrogen and oxygen atoms in total. The zero-order chi connectivity index (χ0) is 29.5. The van der Waals surface area contributed by atoms with Crippen molar-refractivity contribution >= 4 is 84.8 Å². The van der Waals surface area contributed by atoms with E-state index < -0.39 is 0 Å². The summed E-state index contributed by atoms with van der Waals surface area (Å²) in [4.78, 5) is 0. The van der Waals surface area contributed by atoms with E-state index in [1.54, 1.807) is 0 Å². The van der Waals surface area contributed by atoms with Crippen LogP contribution < -0.4 is 0 Å². The fourth-order valence-corrected chi connectivity index (χ4v) is 9.39. The molecule has 0 fully saturated rings.